The van der Waals surface area contributed by atoms with E-state index >= 15 is 0 Å². The van der Waals surface area contributed by atoms with E-state index in [0.29, 0.717) is 17.6 Å². The van der Waals surface area contributed by atoms with Crippen LogP contribution in [0.15, 0.2) is 168 Å². The maximum atomic E-state index is 6.83. The second kappa shape index (κ2) is 10.7. The van der Waals surface area contributed by atoms with Crippen molar-refractivity contribution < 1.29 is 4.42 Å². The van der Waals surface area contributed by atoms with E-state index in [-0.39, 0.29) is 0 Å². The second-order valence-electron chi connectivity index (χ2n) is 12.8. The van der Waals surface area contributed by atoms with Crippen LogP contribution in [0.5, 0.6) is 0 Å². The number of benzene rings is 7. The van der Waals surface area contributed by atoms with Crippen molar-refractivity contribution >= 4 is 65.6 Å². The third kappa shape index (κ3) is 4.07. The van der Waals surface area contributed by atoms with Crippen molar-refractivity contribution in [2.75, 3.05) is 0 Å². The van der Waals surface area contributed by atoms with Crippen LogP contribution in [0.1, 0.15) is 0 Å². The maximum absolute atomic E-state index is 6.83. The van der Waals surface area contributed by atoms with Crippen molar-refractivity contribution in [1.29, 1.82) is 0 Å². The van der Waals surface area contributed by atoms with Gasteiger partial charge in [-0.25, -0.2) is 4.98 Å². The van der Waals surface area contributed by atoms with Gasteiger partial charge in [0, 0.05) is 38.2 Å². The molecule has 0 aliphatic heterocycles. The molecular formula is C45H27N5O. The molecule has 4 heterocycles. The highest BCUT2D eigenvalue weighted by molar-refractivity contribution is 6.25. The molecule has 0 unspecified atom stereocenters. The van der Waals surface area contributed by atoms with Crippen LogP contribution >= 0.6 is 0 Å². The smallest absolute Gasteiger partial charge is 0.238 e. The molecule has 0 N–H and O–H groups in total. The van der Waals surface area contributed by atoms with E-state index in [0.717, 1.165) is 71.6 Å². The van der Waals surface area contributed by atoms with Gasteiger partial charge < -0.3 is 8.98 Å². The van der Waals surface area contributed by atoms with Crippen LogP contribution in [0.3, 0.4) is 0 Å². The molecule has 0 radical (unpaired) electrons. The molecule has 11 aromatic rings. The summed E-state index contributed by atoms with van der Waals surface area (Å²) in [7, 11) is 0. The molecule has 0 saturated heterocycles. The lowest BCUT2D eigenvalue weighted by Crippen LogP contribution is -2.06. The number of fused-ring (bicyclic) bond motifs is 10. The summed E-state index contributed by atoms with van der Waals surface area (Å²) in [4.78, 5) is 15.5. The summed E-state index contributed by atoms with van der Waals surface area (Å²) in [5.74, 6) is 1.69. The van der Waals surface area contributed by atoms with Crippen LogP contribution in [-0.2, 0) is 0 Å². The zero-order chi connectivity index (χ0) is 33.5. The van der Waals surface area contributed by atoms with Gasteiger partial charge in [0.2, 0.25) is 5.95 Å². The number of hydrogen-bond acceptors (Lipinski definition) is 4. The Morgan fingerprint density at radius 2 is 0.980 bits per heavy atom. The van der Waals surface area contributed by atoms with Gasteiger partial charge >= 0.3 is 0 Å². The summed E-state index contributed by atoms with van der Waals surface area (Å²) >= 11 is 0. The predicted molar refractivity (Wildman–Crippen MR) is 207 cm³/mol. The van der Waals surface area contributed by atoms with Crippen molar-refractivity contribution in [2.45, 2.75) is 0 Å². The lowest BCUT2D eigenvalue weighted by molar-refractivity contribution is 0.669. The molecule has 7 aromatic carbocycles. The minimum Gasteiger partial charge on any atom is -0.455 e. The number of hydrogen-bond donors (Lipinski definition) is 0. The molecular weight excluding hydrogens is 627 g/mol. The first-order valence-electron chi connectivity index (χ1n) is 17.0. The SMILES string of the molecule is c1ccc(-c2nc(-c3cccc4c3oc3ccc5c6ccccc6n(-c6ccccc6)c5c34)nc(-n3c4ccccc4c4ccccc43)n2)cc1. The van der Waals surface area contributed by atoms with Crippen LogP contribution in [0.25, 0.3) is 100.0 Å². The topological polar surface area (TPSA) is 61.7 Å². The quantitative estimate of drug-likeness (QED) is 0.190. The average molecular weight is 654 g/mol. The normalized spacial score (nSPS) is 11.9. The first kappa shape index (κ1) is 27.9. The van der Waals surface area contributed by atoms with Crippen LogP contribution in [-0.4, -0.2) is 24.1 Å². The third-order valence-electron chi connectivity index (χ3n) is 9.99. The number of aromatic nitrogens is 5. The van der Waals surface area contributed by atoms with Crippen molar-refractivity contribution in [3.63, 3.8) is 0 Å². The van der Waals surface area contributed by atoms with Gasteiger partial charge in [0.15, 0.2) is 11.6 Å². The first-order chi connectivity index (χ1) is 25.3. The Labute approximate surface area is 291 Å². The van der Waals surface area contributed by atoms with E-state index in [4.69, 9.17) is 19.4 Å². The monoisotopic (exact) mass is 653 g/mol. The largest absolute Gasteiger partial charge is 0.455 e. The summed E-state index contributed by atoms with van der Waals surface area (Å²) in [6, 6.07) is 56.6. The molecule has 0 atom stereocenters. The Bertz CT molecular complexity index is 3080. The van der Waals surface area contributed by atoms with E-state index in [9.17, 15) is 0 Å². The molecule has 238 valence electrons. The fraction of sp³-hybridized carbons (Fsp3) is 0. The maximum Gasteiger partial charge on any atom is 0.238 e. The van der Waals surface area contributed by atoms with Gasteiger partial charge in [-0.05, 0) is 48.5 Å². The summed E-state index contributed by atoms with van der Waals surface area (Å²) in [5, 5.41) is 6.74. The van der Waals surface area contributed by atoms with E-state index in [2.05, 4.69) is 143 Å². The van der Waals surface area contributed by atoms with E-state index in [1.54, 1.807) is 0 Å². The Kier molecular flexibility index (Phi) is 5.86. The van der Waals surface area contributed by atoms with Crippen LogP contribution < -0.4 is 0 Å². The summed E-state index contributed by atoms with van der Waals surface area (Å²) in [5.41, 5.74) is 8.70. The van der Waals surface area contributed by atoms with Gasteiger partial charge in [-0.2, -0.15) is 9.97 Å². The highest BCUT2D eigenvalue weighted by Gasteiger charge is 2.23. The summed E-state index contributed by atoms with van der Waals surface area (Å²) in [6.45, 7) is 0. The van der Waals surface area contributed by atoms with Gasteiger partial charge in [0.25, 0.3) is 0 Å². The lowest BCUT2D eigenvalue weighted by Gasteiger charge is -2.11. The van der Waals surface area contributed by atoms with Gasteiger partial charge in [-0.15, -0.1) is 0 Å². The molecule has 0 fully saturated rings. The number of rotatable bonds is 4. The van der Waals surface area contributed by atoms with E-state index < -0.39 is 0 Å². The third-order valence-corrected chi connectivity index (χ3v) is 9.99. The Balaban J connectivity index is 1.23. The molecule has 0 saturated carbocycles. The van der Waals surface area contributed by atoms with Crippen molar-refractivity contribution in [3.8, 4) is 34.4 Å². The molecule has 0 spiro atoms. The van der Waals surface area contributed by atoms with Gasteiger partial charge in [-0.3, -0.25) is 4.57 Å². The number of para-hydroxylation sites is 5. The second-order valence-corrected chi connectivity index (χ2v) is 12.8. The van der Waals surface area contributed by atoms with Gasteiger partial charge in [0.1, 0.15) is 11.2 Å². The highest BCUT2D eigenvalue weighted by atomic mass is 16.3. The van der Waals surface area contributed by atoms with Crippen LogP contribution in [0.2, 0.25) is 0 Å². The minimum atomic E-state index is 0.546. The zero-order valence-electron chi connectivity index (χ0n) is 27.2. The Morgan fingerprint density at radius 1 is 0.412 bits per heavy atom. The molecule has 11 rings (SSSR count). The van der Waals surface area contributed by atoms with Crippen molar-refractivity contribution in [3.05, 3.63) is 164 Å². The van der Waals surface area contributed by atoms with Gasteiger partial charge in [-0.1, -0.05) is 115 Å². The Hall–Kier alpha value is -7.05. The summed E-state index contributed by atoms with van der Waals surface area (Å²) in [6.07, 6.45) is 0. The fourth-order valence-electron chi connectivity index (χ4n) is 7.80. The molecule has 0 aliphatic rings. The summed E-state index contributed by atoms with van der Waals surface area (Å²) < 4.78 is 11.3. The van der Waals surface area contributed by atoms with E-state index in [1.165, 1.54) is 10.8 Å². The standard InChI is InChI=1S/C45H27N5O/c1-3-14-28(15-4-1)43-46-44(48-45(47-43)50-37-24-11-7-18-30(37)31-19-8-12-25-38(31)50)35-22-13-21-34-40-39(51-42(34)35)27-26-33-32-20-9-10-23-36(32)49(41(33)40)29-16-5-2-6-17-29/h1-27H. The molecule has 0 aliphatic carbocycles. The van der Waals surface area contributed by atoms with Gasteiger partial charge in [0.05, 0.1) is 33.0 Å². The molecule has 6 nitrogen and oxygen atoms in total. The highest BCUT2D eigenvalue weighted by Crippen LogP contribution is 2.43. The first-order valence-corrected chi connectivity index (χ1v) is 17.0. The van der Waals surface area contributed by atoms with Crippen molar-refractivity contribution in [2.24, 2.45) is 0 Å². The molecule has 0 bridgehead atoms. The molecule has 51 heavy (non-hydrogen) atoms. The zero-order valence-corrected chi connectivity index (χ0v) is 27.2. The number of nitrogens with zero attached hydrogens (tertiary/aromatic N) is 5. The molecule has 0 amide bonds. The minimum absolute atomic E-state index is 0.546. The van der Waals surface area contributed by atoms with Crippen molar-refractivity contribution in [1.82, 2.24) is 24.1 Å². The van der Waals surface area contributed by atoms with Crippen LogP contribution in [0.4, 0.5) is 0 Å². The molecule has 6 heteroatoms. The lowest BCUT2D eigenvalue weighted by atomic mass is 10.1. The number of furan rings is 1. The van der Waals surface area contributed by atoms with E-state index in [1.807, 2.05) is 30.3 Å². The van der Waals surface area contributed by atoms with Crippen LogP contribution in [0, 0.1) is 0 Å². The fourth-order valence-corrected chi connectivity index (χ4v) is 7.80. The predicted octanol–water partition coefficient (Wildman–Crippen LogP) is 11.3. The molecule has 4 aromatic heterocycles. The average Bonchev–Trinajstić information content (AvgIpc) is 3.86. The Morgan fingerprint density at radius 3 is 1.69 bits per heavy atom.